The van der Waals surface area contributed by atoms with Gasteiger partial charge in [-0.25, -0.2) is 0 Å². The van der Waals surface area contributed by atoms with Crippen LogP contribution in [0.25, 0.3) is 0 Å². The molecule has 0 aromatic rings. The van der Waals surface area contributed by atoms with Crippen LogP contribution in [0, 0.1) is 41.4 Å². The zero-order chi connectivity index (χ0) is 84.1. The molecule has 1 aliphatic rings. The number of carbonyl (C=O) groups excluding carboxylic acids is 3. The van der Waals surface area contributed by atoms with Crippen molar-refractivity contribution in [2.24, 2.45) is 41.4 Å². The topological polar surface area (TPSA) is 141 Å². The van der Waals surface area contributed by atoms with Gasteiger partial charge in [-0.05, 0) is 178 Å². The summed E-state index contributed by atoms with van der Waals surface area (Å²) in [6, 6.07) is 0. The first kappa shape index (κ1) is 112. The van der Waals surface area contributed by atoms with Crippen LogP contribution in [0.2, 0.25) is 0 Å². The van der Waals surface area contributed by atoms with E-state index in [4.69, 9.17) is 42.6 Å². The van der Waals surface area contributed by atoms with Gasteiger partial charge >= 0.3 is 17.9 Å². The Balaban J connectivity index is 2.59. The number of nitrogens with zero attached hydrogens (tertiary/aromatic N) is 2. The quantitative estimate of drug-likeness (QED) is 0.0247. The lowest BCUT2D eigenvalue weighted by Crippen LogP contribution is -2.28. The van der Waals surface area contributed by atoms with Gasteiger partial charge in [0.25, 0.3) is 0 Å². The Morgan fingerprint density at radius 3 is 1.17 bits per heavy atom. The van der Waals surface area contributed by atoms with Gasteiger partial charge in [0.05, 0.1) is 38.4 Å². The van der Waals surface area contributed by atoms with Gasteiger partial charge in [0.15, 0.2) is 0 Å². The van der Waals surface area contributed by atoms with E-state index in [2.05, 4.69) is 79.2 Å². The normalized spacial score (nSPS) is 14.4. The first-order chi connectivity index (χ1) is 57.0. The minimum Gasteiger partial charge on any atom is -0.466 e. The molecule has 0 saturated carbocycles. The molecule has 0 spiro atoms. The molecule has 14 heteroatoms. The summed E-state index contributed by atoms with van der Waals surface area (Å²) in [5, 5.41) is 0. The Hall–Kier alpha value is -1.91. The SMILES string of the molecule is CCCCCC(CCCCC)CCOCOCCCCCCCC(CCCCCCCOCOCCC(CCCCC)C(CCCC)C(CCC)CC(CCCCC)CC(=O)OCCCCCCCCCCC(CCCCCCCCOC(=O)CC(CCCCC)CCCCC)C(=O)OCCCN(C)CC)OCOCCN1CCCC1. The summed E-state index contributed by atoms with van der Waals surface area (Å²) >= 11 is 0. The van der Waals surface area contributed by atoms with Crippen LogP contribution < -0.4 is 0 Å². The number of hydrogen-bond donors (Lipinski definition) is 0. The van der Waals surface area contributed by atoms with E-state index in [-0.39, 0.29) is 29.9 Å². The van der Waals surface area contributed by atoms with E-state index in [0.29, 0.717) is 82.6 Å². The maximum atomic E-state index is 13.8. The van der Waals surface area contributed by atoms with Crippen LogP contribution in [-0.4, -0.2) is 147 Å². The van der Waals surface area contributed by atoms with Crippen LogP contribution in [-0.2, 0) is 57.0 Å². The average molecular weight is 1650 g/mol. The largest absolute Gasteiger partial charge is 0.466 e. The van der Waals surface area contributed by atoms with Gasteiger partial charge in [-0.15, -0.1) is 0 Å². The third kappa shape index (κ3) is 71.5. The molecule has 690 valence electrons. The molecule has 1 saturated heterocycles. The van der Waals surface area contributed by atoms with Crippen molar-refractivity contribution in [3.8, 4) is 0 Å². The van der Waals surface area contributed by atoms with Crippen molar-refractivity contribution in [3.05, 3.63) is 0 Å². The summed E-state index contributed by atoms with van der Waals surface area (Å²) < 4.78 is 54.4. The molecule has 0 radical (unpaired) electrons. The molecular formula is C102H200N2O12. The molecule has 1 fully saturated rings. The first-order valence-electron chi connectivity index (χ1n) is 51.4. The maximum absolute atomic E-state index is 13.8. The molecule has 0 N–H and O–H groups in total. The summed E-state index contributed by atoms with van der Waals surface area (Å²) in [6.07, 6.45) is 76.2. The highest BCUT2D eigenvalue weighted by molar-refractivity contribution is 5.72. The molecule has 0 bridgehead atoms. The van der Waals surface area contributed by atoms with Crippen LogP contribution in [0.3, 0.4) is 0 Å². The fourth-order valence-corrected chi connectivity index (χ4v) is 18.0. The zero-order valence-corrected chi connectivity index (χ0v) is 79.2. The molecule has 116 heavy (non-hydrogen) atoms. The van der Waals surface area contributed by atoms with Crippen LogP contribution >= 0.6 is 0 Å². The Kier molecular flexibility index (Phi) is 85.0. The molecule has 6 unspecified atom stereocenters. The molecular weight excluding hydrogens is 1450 g/mol. The van der Waals surface area contributed by atoms with Crippen LogP contribution in [0.15, 0.2) is 0 Å². The molecule has 0 aromatic heterocycles. The summed E-state index contributed by atoms with van der Waals surface area (Å²) in [6.45, 7) is 32.7. The highest BCUT2D eigenvalue weighted by Crippen LogP contribution is 2.41. The second kappa shape index (κ2) is 88.0. The van der Waals surface area contributed by atoms with Crippen molar-refractivity contribution in [2.75, 3.05) is 113 Å². The van der Waals surface area contributed by atoms with E-state index in [9.17, 15) is 14.4 Å². The Bertz CT molecular complexity index is 1990. The second-order valence-corrected chi connectivity index (χ2v) is 36.3. The zero-order valence-electron chi connectivity index (χ0n) is 79.2. The molecule has 0 amide bonds. The van der Waals surface area contributed by atoms with Crippen LogP contribution in [0.4, 0.5) is 0 Å². The summed E-state index contributed by atoms with van der Waals surface area (Å²) in [5.74, 6) is 3.53. The predicted molar refractivity (Wildman–Crippen MR) is 492 cm³/mol. The minimum atomic E-state index is -0.0146. The van der Waals surface area contributed by atoms with Crippen molar-refractivity contribution in [1.29, 1.82) is 0 Å². The van der Waals surface area contributed by atoms with Crippen LogP contribution in [0.1, 0.15) is 480 Å². The average Bonchev–Trinajstić information content (AvgIpc) is 0.964. The van der Waals surface area contributed by atoms with Crippen molar-refractivity contribution >= 4 is 17.9 Å². The van der Waals surface area contributed by atoms with Crippen molar-refractivity contribution in [2.45, 2.75) is 486 Å². The van der Waals surface area contributed by atoms with Crippen molar-refractivity contribution in [3.63, 3.8) is 0 Å². The van der Waals surface area contributed by atoms with E-state index in [1.807, 2.05) is 0 Å². The maximum Gasteiger partial charge on any atom is 0.308 e. The number of rotatable bonds is 95. The lowest BCUT2D eigenvalue weighted by molar-refractivity contribution is -0.149. The number of hydrogen-bond acceptors (Lipinski definition) is 14. The van der Waals surface area contributed by atoms with E-state index in [1.165, 1.54) is 276 Å². The molecule has 1 aliphatic heterocycles. The Morgan fingerprint density at radius 1 is 0.310 bits per heavy atom. The van der Waals surface area contributed by atoms with E-state index in [1.54, 1.807) is 0 Å². The first-order valence-corrected chi connectivity index (χ1v) is 51.4. The fourth-order valence-electron chi connectivity index (χ4n) is 18.0. The molecule has 1 rings (SSSR count). The van der Waals surface area contributed by atoms with Gasteiger partial charge in [-0.2, -0.15) is 0 Å². The third-order valence-electron chi connectivity index (χ3n) is 25.7. The predicted octanol–water partition coefficient (Wildman–Crippen LogP) is 29.1. The molecule has 1 heterocycles. The highest BCUT2D eigenvalue weighted by atomic mass is 16.7. The third-order valence-corrected chi connectivity index (χ3v) is 25.7. The Morgan fingerprint density at radius 2 is 0.698 bits per heavy atom. The molecule has 0 aromatic carbocycles. The van der Waals surface area contributed by atoms with Gasteiger partial charge < -0.3 is 52.4 Å². The summed E-state index contributed by atoms with van der Waals surface area (Å²) in [7, 11) is 2.12. The Labute approximate surface area is 721 Å². The second-order valence-electron chi connectivity index (χ2n) is 36.3. The van der Waals surface area contributed by atoms with Gasteiger partial charge in [-0.3, -0.25) is 14.4 Å². The van der Waals surface area contributed by atoms with E-state index in [0.717, 1.165) is 200 Å². The van der Waals surface area contributed by atoms with Crippen molar-refractivity contribution in [1.82, 2.24) is 9.80 Å². The van der Waals surface area contributed by atoms with E-state index < -0.39 is 0 Å². The lowest BCUT2D eigenvalue weighted by Gasteiger charge is -2.36. The van der Waals surface area contributed by atoms with Gasteiger partial charge in [-0.1, -0.05) is 351 Å². The fraction of sp³-hybridized carbons (Fsp3) is 0.971. The van der Waals surface area contributed by atoms with E-state index >= 15 is 0 Å². The summed E-state index contributed by atoms with van der Waals surface area (Å²) in [4.78, 5) is 44.7. The lowest BCUT2D eigenvalue weighted by atomic mass is 9.69. The smallest absolute Gasteiger partial charge is 0.308 e. The minimum absolute atomic E-state index is 0.00305. The summed E-state index contributed by atoms with van der Waals surface area (Å²) in [5.41, 5.74) is 0. The standard InChI is InChI=1S/C102H200N2O12/c1-11-20-43-61-92(62-44-21-12-2)72-83-110-89-108-78-55-39-33-37-51-69-98(116-91-112-85-77-104-75-53-54-76-104)70-52-38-34-40-56-79-109-90-111-84-73-95(66-48-25-16-6)99(71-26-17-7)97(60-18-8)86-94(65-47-24-15-5)88-101(106)114-81-57-41-31-28-27-29-35-49-67-96(102(107)115-82-59-74-103(10)19-9)68-50-36-30-32-42-58-80-113-100(105)87-93(63-45-22-13-3)64-46-23-14-4/h92-99H,11-91H2,1-10H3. The molecule has 14 nitrogen and oxygen atoms in total. The van der Waals surface area contributed by atoms with Crippen molar-refractivity contribution < 1.29 is 57.0 Å². The monoisotopic (exact) mass is 1650 g/mol. The van der Waals surface area contributed by atoms with Gasteiger partial charge in [0, 0.05) is 52.4 Å². The molecule has 0 aliphatic carbocycles. The molecule has 6 atom stereocenters. The number of likely N-dealkylation sites (tertiary alicyclic amines) is 1. The number of carbonyl (C=O) groups is 3. The van der Waals surface area contributed by atoms with Crippen LogP contribution in [0.5, 0.6) is 0 Å². The number of ether oxygens (including phenoxy) is 9. The number of unbranched alkanes of at least 4 members (excludes halogenated alkanes) is 33. The highest BCUT2D eigenvalue weighted by Gasteiger charge is 2.32. The van der Waals surface area contributed by atoms with Gasteiger partial charge in [0.1, 0.15) is 20.4 Å². The number of esters is 3. The van der Waals surface area contributed by atoms with Gasteiger partial charge in [0.2, 0.25) is 0 Å².